The number of hydrogen-bond donors (Lipinski definition) is 1. The Hall–Kier alpha value is -0.900. The topological polar surface area (TPSA) is 52.9 Å². The first kappa shape index (κ1) is 6.22. The van der Waals surface area contributed by atoms with Gasteiger partial charge in [0.05, 0.1) is 6.67 Å². The van der Waals surface area contributed by atoms with Crippen LogP contribution in [0.15, 0.2) is 4.99 Å². The van der Waals surface area contributed by atoms with Crippen LogP contribution in [-0.4, -0.2) is 41.9 Å². The van der Waals surface area contributed by atoms with Crippen molar-refractivity contribution in [3.8, 4) is 0 Å². The van der Waals surface area contributed by atoms with E-state index in [1.165, 1.54) is 0 Å². The van der Waals surface area contributed by atoms with E-state index in [0.29, 0.717) is 13.2 Å². The molecule has 1 rings (SSSR count). The van der Waals surface area contributed by atoms with Crippen LogP contribution in [0.1, 0.15) is 0 Å². The van der Waals surface area contributed by atoms with E-state index in [2.05, 4.69) is 4.99 Å². The number of hydrogen-bond acceptors (Lipinski definition) is 3. The molecule has 4 nitrogen and oxygen atoms in total. The molecule has 0 aromatic rings. The molecule has 0 aromatic carbocycles. The van der Waals surface area contributed by atoms with Gasteiger partial charge in [-0.05, 0) is 7.05 Å². The molecule has 0 atom stereocenters. The average Bonchev–Trinajstić information content (AvgIpc) is 2.14. The molecule has 0 saturated heterocycles. The van der Waals surface area contributed by atoms with Crippen molar-refractivity contribution in [1.82, 2.24) is 4.90 Å². The average molecular weight is 128 g/mol. The maximum Gasteiger partial charge on any atom is 0.351 e. The second kappa shape index (κ2) is 2.14. The van der Waals surface area contributed by atoms with Crippen LogP contribution in [0.25, 0.3) is 0 Å². The molecule has 50 valence electrons. The van der Waals surface area contributed by atoms with E-state index in [9.17, 15) is 4.79 Å². The number of rotatable bonds is 1. The fourth-order valence-electron chi connectivity index (χ4n) is 0.697. The predicted octanol–water partition coefficient (Wildman–Crippen LogP) is -0.585. The van der Waals surface area contributed by atoms with E-state index in [-0.39, 0.29) is 5.71 Å². The summed E-state index contributed by atoms with van der Waals surface area (Å²) in [5.41, 5.74) is 0.262. The summed E-state index contributed by atoms with van der Waals surface area (Å²) in [5, 5.41) is 8.37. The molecule has 1 N–H and O–H groups in total. The van der Waals surface area contributed by atoms with Gasteiger partial charge >= 0.3 is 5.97 Å². The van der Waals surface area contributed by atoms with E-state index in [1.807, 2.05) is 11.9 Å². The van der Waals surface area contributed by atoms with Gasteiger partial charge in [-0.25, -0.2) is 4.79 Å². The van der Waals surface area contributed by atoms with Gasteiger partial charge in [0.2, 0.25) is 0 Å². The number of carboxylic acid groups (broad SMARTS) is 1. The summed E-state index contributed by atoms with van der Waals surface area (Å²) in [5.74, 6) is -0.903. The molecule has 0 aromatic heterocycles. The molecule has 0 spiro atoms. The van der Waals surface area contributed by atoms with Crippen molar-refractivity contribution >= 4 is 11.7 Å². The lowest BCUT2D eigenvalue weighted by molar-refractivity contribution is -0.129. The van der Waals surface area contributed by atoms with Crippen molar-refractivity contribution in [3.63, 3.8) is 0 Å². The molecule has 9 heavy (non-hydrogen) atoms. The zero-order chi connectivity index (χ0) is 6.85. The Kier molecular flexibility index (Phi) is 1.48. The highest BCUT2D eigenvalue weighted by atomic mass is 16.4. The van der Waals surface area contributed by atoms with Crippen molar-refractivity contribution in [1.29, 1.82) is 0 Å². The summed E-state index contributed by atoms with van der Waals surface area (Å²) in [7, 11) is 1.83. The number of carboxylic acids is 1. The van der Waals surface area contributed by atoms with Crippen LogP contribution in [0, 0.1) is 0 Å². The zero-order valence-electron chi connectivity index (χ0n) is 5.16. The molecule has 0 amide bonds. The van der Waals surface area contributed by atoms with Gasteiger partial charge in [0.15, 0.2) is 0 Å². The second-order valence-electron chi connectivity index (χ2n) is 2.07. The maximum absolute atomic E-state index is 10.2. The third-order valence-corrected chi connectivity index (χ3v) is 1.17. The van der Waals surface area contributed by atoms with Crippen molar-refractivity contribution in [2.75, 3.05) is 20.3 Å². The molecule has 1 aliphatic rings. The van der Waals surface area contributed by atoms with Crippen LogP contribution in [0.3, 0.4) is 0 Å². The molecular formula is C5H8N2O2. The lowest BCUT2D eigenvalue weighted by Crippen LogP contribution is -2.22. The second-order valence-corrected chi connectivity index (χ2v) is 2.07. The minimum Gasteiger partial charge on any atom is -0.477 e. The van der Waals surface area contributed by atoms with Crippen LogP contribution in [0.2, 0.25) is 0 Å². The SMILES string of the molecule is CN1CN=C(C(=O)O)C1. The quantitative estimate of drug-likeness (QED) is 0.513. The standard InChI is InChI=1S/C5H8N2O2/c1-7-2-4(5(8)9)6-3-7/h2-3H2,1H3,(H,8,9). The zero-order valence-corrected chi connectivity index (χ0v) is 5.16. The Bertz CT molecular complexity index is 164. The third kappa shape index (κ3) is 1.26. The fraction of sp³-hybridized carbons (Fsp3) is 0.600. The van der Waals surface area contributed by atoms with E-state index < -0.39 is 5.97 Å². The number of aliphatic carboxylic acids is 1. The first-order chi connectivity index (χ1) is 4.20. The molecule has 4 heteroatoms. The normalized spacial score (nSPS) is 19.9. The summed E-state index contributed by atoms with van der Waals surface area (Å²) in [6.07, 6.45) is 0. The Morgan fingerprint density at radius 3 is 2.78 bits per heavy atom. The molecule has 0 aliphatic carbocycles. The van der Waals surface area contributed by atoms with Gasteiger partial charge in [-0.2, -0.15) is 0 Å². The van der Waals surface area contributed by atoms with Crippen LogP contribution >= 0.6 is 0 Å². The van der Waals surface area contributed by atoms with Crippen molar-refractivity contribution in [3.05, 3.63) is 0 Å². The van der Waals surface area contributed by atoms with E-state index in [1.54, 1.807) is 0 Å². The summed E-state index contributed by atoms with van der Waals surface area (Å²) in [4.78, 5) is 15.8. The van der Waals surface area contributed by atoms with Gasteiger partial charge < -0.3 is 5.11 Å². The Morgan fingerprint density at radius 2 is 2.56 bits per heavy atom. The van der Waals surface area contributed by atoms with Gasteiger partial charge in [-0.3, -0.25) is 9.89 Å². The monoisotopic (exact) mass is 128 g/mol. The summed E-state index contributed by atoms with van der Waals surface area (Å²) in [6, 6.07) is 0. The summed E-state index contributed by atoms with van der Waals surface area (Å²) in [6.45, 7) is 0.983. The fourth-order valence-corrected chi connectivity index (χ4v) is 0.697. The summed E-state index contributed by atoms with van der Waals surface area (Å²) < 4.78 is 0. The van der Waals surface area contributed by atoms with Crippen LogP contribution in [0.5, 0.6) is 0 Å². The van der Waals surface area contributed by atoms with Gasteiger partial charge in [0, 0.05) is 6.54 Å². The molecule has 1 aliphatic heterocycles. The Balaban J connectivity index is 2.55. The van der Waals surface area contributed by atoms with E-state index >= 15 is 0 Å². The lowest BCUT2D eigenvalue weighted by Gasteiger charge is -2.01. The molecule has 0 saturated carbocycles. The lowest BCUT2D eigenvalue weighted by atomic mass is 10.4. The van der Waals surface area contributed by atoms with Crippen molar-refractivity contribution < 1.29 is 9.90 Å². The van der Waals surface area contributed by atoms with Gasteiger partial charge in [0.1, 0.15) is 5.71 Å². The highest BCUT2D eigenvalue weighted by molar-refractivity contribution is 6.36. The van der Waals surface area contributed by atoms with Crippen LogP contribution in [0.4, 0.5) is 0 Å². The molecule has 0 bridgehead atoms. The number of aliphatic imine (C=N–C) groups is 1. The van der Waals surface area contributed by atoms with Gasteiger partial charge in [0.25, 0.3) is 0 Å². The highest BCUT2D eigenvalue weighted by Crippen LogP contribution is 1.95. The Morgan fingerprint density at radius 1 is 1.89 bits per heavy atom. The molecule has 0 fully saturated rings. The Labute approximate surface area is 52.8 Å². The minimum atomic E-state index is -0.903. The molecular weight excluding hydrogens is 120 g/mol. The third-order valence-electron chi connectivity index (χ3n) is 1.17. The van der Waals surface area contributed by atoms with Gasteiger partial charge in [-0.1, -0.05) is 0 Å². The minimum absolute atomic E-state index is 0.262. The summed E-state index contributed by atoms with van der Waals surface area (Å²) >= 11 is 0. The first-order valence-electron chi connectivity index (χ1n) is 2.65. The molecule has 1 heterocycles. The smallest absolute Gasteiger partial charge is 0.351 e. The first-order valence-corrected chi connectivity index (χ1v) is 2.65. The van der Waals surface area contributed by atoms with Crippen molar-refractivity contribution in [2.45, 2.75) is 0 Å². The maximum atomic E-state index is 10.2. The molecule has 0 unspecified atom stereocenters. The van der Waals surface area contributed by atoms with Crippen molar-refractivity contribution in [2.24, 2.45) is 4.99 Å². The van der Waals surface area contributed by atoms with Crippen LogP contribution in [-0.2, 0) is 4.79 Å². The van der Waals surface area contributed by atoms with Crippen LogP contribution < -0.4 is 0 Å². The van der Waals surface area contributed by atoms with E-state index in [0.717, 1.165) is 0 Å². The predicted molar refractivity (Wildman–Crippen MR) is 32.6 cm³/mol. The highest BCUT2D eigenvalue weighted by Gasteiger charge is 2.16. The number of carbonyl (C=O) groups is 1. The number of nitrogens with zero attached hydrogens (tertiary/aromatic N) is 2. The largest absolute Gasteiger partial charge is 0.477 e. The molecule has 0 radical (unpaired) electrons. The van der Waals surface area contributed by atoms with Gasteiger partial charge in [-0.15, -0.1) is 0 Å². The van der Waals surface area contributed by atoms with E-state index in [4.69, 9.17) is 5.11 Å².